The fraction of sp³-hybridized carbons (Fsp3) is 0.389. The number of nitrogens with zero attached hydrogens (tertiary/aromatic N) is 1. The lowest BCUT2D eigenvalue weighted by Crippen LogP contribution is -2.29. The maximum absolute atomic E-state index is 5.53. The third kappa shape index (κ3) is 5.44. The molecule has 0 bridgehead atoms. The first-order valence-corrected chi connectivity index (χ1v) is 11.1. The SMILES string of the molecule is C#CCN(C)C(C)CCCSc1ssc(=S)c1-c1ccccc1. The molecule has 0 aliphatic carbocycles. The highest BCUT2D eigenvalue weighted by atomic mass is 32.9. The Bertz CT molecular complexity index is 696. The van der Waals surface area contributed by atoms with Crippen molar-refractivity contribution in [2.45, 2.75) is 30.0 Å². The summed E-state index contributed by atoms with van der Waals surface area (Å²) < 4.78 is 2.36. The maximum Gasteiger partial charge on any atom is 0.110 e. The molecule has 122 valence electrons. The third-order valence-corrected chi connectivity index (χ3v) is 8.45. The number of terminal acetylenes is 1. The van der Waals surface area contributed by atoms with Gasteiger partial charge < -0.3 is 0 Å². The van der Waals surface area contributed by atoms with E-state index in [1.165, 1.54) is 28.2 Å². The molecule has 0 amide bonds. The summed E-state index contributed by atoms with van der Waals surface area (Å²) in [6, 6.07) is 11.0. The van der Waals surface area contributed by atoms with E-state index in [-0.39, 0.29) is 0 Å². The van der Waals surface area contributed by atoms with E-state index in [0.717, 1.165) is 16.1 Å². The van der Waals surface area contributed by atoms with Crippen molar-refractivity contribution in [3.63, 3.8) is 0 Å². The average Bonchev–Trinajstić information content (AvgIpc) is 2.93. The van der Waals surface area contributed by atoms with Gasteiger partial charge in [0.2, 0.25) is 0 Å². The first kappa shape index (κ1) is 18.7. The van der Waals surface area contributed by atoms with Crippen LogP contribution in [0.3, 0.4) is 0 Å². The van der Waals surface area contributed by atoms with E-state index in [1.54, 1.807) is 10.3 Å². The molecule has 2 aromatic rings. The minimum absolute atomic E-state index is 0.529. The van der Waals surface area contributed by atoms with Crippen molar-refractivity contribution in [3.05, 3.63) is 34.2 Å². The zero-order chi connectivity index (χ0) is 16.7. The Kier molecular flexibility index (Phi) is 7.81. The van der Waals surface area contributed by atoms with E-state index in [4.69, 9.17) is 18.6 Å². The summed E-state index contributed by atoms with van der Waals surface area (Å²) in [5.41, 5.74) is 2.48. The van der Waals surface area contributed by atoms with Crippen LogP contribution >= 0.6 is 44.7 Å². The van der Waals surface area contributed by atoms with Gasteiger partial charge in [0.15, 0.2) is 0 Å². The number of hydrogen-bond acceptors (Lipinski definition) is 5. The third-order valence-electron chi connectivity index (χ3n) is 3.76. The molecule has 0 saturated carbocycles. The molecule has 0 aliphatic heterocycles. The van der Waals surface area contributed by atoms with E-state index in [2.05, 4.69) is 49.1 Å². The predicted octanol–water partition coefficient (Wildman–Crippen LogP) is 6.03. The first-order chi connectivity index (χ1) is 11.1. The van der Waals surface area contributed by atoms with Crippen molar-refractivity contribution < 1.29 is 0 Å². The summed E-state index contributed by atoms with van der Waals surface area (Å²) >= 11 is 7.46. The molecule has 23 heavy (non-hydrogen) atoms. The number of rotatable bonds is 8. The van der Waals surface area contributed by atoms with E-state index >= 15 is 0 Å². The van der Waals surface area contributed by atoms with Gasteiger partial charge in [-0.2, -0.15) is 0 Å². The molecule has 0 saturated heterocycles. The van der Waals surface area contributed by atoms with Gasteiger partial charge in [0, 0.05) is 11.6 Å². The molecule has 1 nitrogen and oxygen atoms in total. The highest BCUT2D eigenvalue weighted by molar-refractivity contribution is 8.03. The van der Waals surface area contributed by atoms with E-state index < -0.39 is 0 Å². The smallest absolute Gasteiger partial charge is 0.110 e. The standard InChI is InChI=1S/C18H21NS4/c1-4-12-19(3)14(2)9-8-13-21-18-16(17(20)22-23-18)15-10-6-5-7-11-15/h1,5-7,10-11,14H,8-9,12-13H2,2-3H3. The van der Waals surface area contributed by atoms with Gasteiger partial charge in [0.25, 0.3) is 0 Å². The second-order valence-electron chi connectivity index (χ2n) is 5.44. The highest BCUT2D eigenvalue weighted by Crippen LogP contribution is 2.40. The molecule has 0 N–H and O–H groups in total. The van der Waals surface area contributed by atoms with Gasteiger partial charge in [-0.15, -0.1) is 18.2 Å². The lowest BCUT2D eigenvalue weighted by atomic mass is 10.1. The molecule has 1 atom stereocenters. The van der Waals surface area contributed by atoms with Crippen molar-refractivity contribution >= 4 is 44.7 Å². The monoisotopic (exact) mass is 379 g/mol. The van der Waals surface area contributed by atoms with Gasteiger partial charge in [-0.3, -0.25) is 4.90 Å². The second-order valence-corrected chi connectivity index (χ2v) is 9.62. The fourth-order valence-corrected chi connectivity index (χ4v) is 6.78. The van der Waals surface area contributed by atoms with Crippen LogP contribution in [-0.2, 0) is 0 Å². The molecule has 2 rings (SSSR count). The Morgan fingerprint density at radius 1 is 1.30 bits per heavy atom. The van der Waals surface area contributed by atoms with Crippen LogP contribution in [0.25, 0.3) is 11.1 Å². The van der Waals surface area contributed by atoms with Crippen LogP contribution in [0.1, 0.15) is 19.8 Å². The van der Waals surface area contributed by atoms with Gasteiger partial charge in [0.05, 0.1) is 10.8 Å². The van der Waals surface area contributed by atoms with E-state index in [0.29, 0.717) is 6.04 Å². The Labute approximate surface area is 156 Å². The quantitative estimate of drug-likeness (QED) is 0.181. The zero-order valence-electron chi connectivity index (χ0n) is 13.5. The van der Waals surface area contributed by atoms with Crippen LogP contribution in [0.15, 0.2) is 34.5 Å². The van der Waals surface area contributed by atoms with Crippen molar-refractivity contribution in [1.29, 1.82) is 0 Å². The fourth-order valence-electron chi connectivity index (χ4n) is 2.24. The minimum Gasteiger partial charge on any atom is -0.293 e. The molecule has 1 unspecified atom stereocenters. The number of benzene rings is 1. The lowest BCUT2D eigenvalue weighted by molar-refractivity contribution is 0.274. The summed E-state index contributed by atoms with van der Waals surface area (Å²) in [5.74, 6) is 3.83. The van der Waals surface area contributed by atoms with E-state index in [1.807, 2.05) is 28.2 Å². The van der Waals surface area contributed by atoms with Crippen molar-refractivity contribution in [2.75, 3.05) is 19.3 Å². The summed E-state index contributed by atoms with van der Waals surface area (Å²) in [6.45, 7) is 2.96. The summed E-state index contributed by atoms with van der Waals surface area (Å²) in [5, 5.41) is 0. The molecule has 1 heterocycles. The molecule has 0 fully saturated rings. The van der Waals surface area contributed by atoms with Crippen molar-refractivity contribution in [1.82, 2.24) is 4.90 Å². The largest absolute Gasteiger partial charge is 0.293 e. The summed E-state index contributed by atoms with van der Waals surface area (Å²) in [6.07, 6.45) is 7.72. The lowest BCUT2D eigenvalue weighted by Gasteiger charge is -2.22. The summed E-state index contributed by atoms with van der Waals surface area (Å²) in [7, 11) is 5.61. The van der Waals surface area contributed by atoms with Gasteiger partial charge in [-0.25, -0.2) is 0 Å². The van der Waals surface area contributed by atoms with Crippen molar-refractivity contribution in [3.8, 4) is 23.5 Å². The van der Waals surface area contributed by atoms with Crippen molar-refractivity contribution in [2.24, 2.45) is 0 Å². The van der Waals surface area contributed by atoms with Crippen LogP contribution in [0, 0.1) is 16.2 Å². The Balaban J connectivity index is 1.91. The molecule has 0 radical (unpaired) electrons. The average molecular weight is 380 g/mol. The highest BCUT2D eigenvalue weighted by Gasteiger charge is 2.12. The summed E-state index contributed by atoms with van der Waals surface area (Å²) in [4.78, 5) is 2.23. The van der Waals surface area contributed by atoms with Gasteiger partial charge >= 0.3 is 0 Å². The minimum atomic E-state index is 0.529. The van der Waals surface area contributed by atoms with Gasteiger partial charge in [-0.1, -0.05) is 69.2 Å². The molecule has 0 aliphatic rings. The van der Waals surface area contributed by atoms with Gasteiger partial charge in [0.1, 0.15) is 3.82 Å². The van der Waals surface area contributed by atoms with Crippen LogP contribution < -0.4 is 0 Å². The molecule has 5 heteroatoms. The zero-order valence-corrected chi connectivity index (χ0v) is 16.7. The molecule has 1 aromatic carbocycles. The Hall–Kier alpha value is -0.640. The van der Waals surface area contributed by atoms with Crippen LogP contribution in [-0.4, -0.2) is 30.3 Å². The van der Waals surface area contributed by atoms with Crippen LogP contribution in [0.5, 0.6) is 0 Å². The molecular weight excluding hydrogens is 358 g/mol. The topological polar surface area (TPSA) is 3.24 Å². The number of thioether (sulfide) groups is 1. The Morgan fingerprint density at radius 3 is 2.74 bits per heavy atom. The maximum atomic E-state index is 5.53. The first-order valence-electron chi connectivity index (χ1n) is 7.58. The molecule has 0 spiro atoms. The van der Waals surface area contributed by atoms with Crippen LogP contribution in [0.2, 0.25) is 0 Å². The van der Waals surface area contributed by atoms with Gasteiger partial charge in [-0.05, 0) is 38.1 Å². The molecular formula is C18H21NS4. The Morgan fingerprint density at radius 2 is 2.04 bits per heavy atom. The van der Waals surface area contributed by atoms with Crippen LogP contribution in [0.4, 0.5) is 0 Å². The predicted molar refractivity (Wildman–Crippen MR) is 109 cm³/mol. The molecule has 1 aromatic heterocycles. The van der Waals surface area contributed by atoms with E-state index in [9.17, 15) is 0 Å². The normalized spacial score (nSPS) is 12.3. The second kappa shape index (κ2) is 9.61. The number of hydrogen-bond donors (Lipinski definition) is 0.